The van der Waals surface area contributed by atoms with E-state index in [1.807, 2.05) is 0 Å². The van der Waals surface area contributed by atoms with E-state index < -0.39 is 0 Å². The summed E-state index contributed by atoms with van der Waals surface area (Å²) in [5, 5.41) is 11.0. The monoisotopic (exact) mass is 232 g/mol. The van der Waals surface area contributed by atoms with Crippen LogP contribution in [0.15, 0.2) is 24.3 Å². The molecule has 0 aliphatic heterocycles. The molecule has 1 N–H and O–H groups in total. The molecule has 0 bridgehead atoms. The van der Waals surface area contributed by atoms with Gasteiger partial charge in [0.25, 0.3) is 0 Å². The second-order valence-corrected chi connectivity index (χ2v) is 3.30. The highest BCUT2D eigenvalue weighted by atomic mass is 35.5. The molecule has 1 rings (SSSR count). The van der Waals surface area contributed by atoms with Gasteiger partial charge in [0.15, 0.2) is 6.07 Å². The number of carbonyl (C=O) groups excluding carboxylic acids is 1. The molecule has 4 heteroatoms. The quantitative estimate of drug-likeness (QED) is 0.641. The Hall–Kier alpha value is -1.97. The number of anilines is 1. The highest BCUT2D eigenvalue weighted by Crippen LogP contribution is 2.09. The maximum atomic E-state index is 11.2. The summed E-state index contributed by atoms with van der Waals surface area (Å²) in [5.74, 6) is 5.13. The van der Waals surface area contributed by atoms with Crippen molar-refractivity contribution in [3.05, 3.63) is 29.8 Å². The molecular formula is C12H9ClN2O. The number of benzene rings is 1. The van der Waals surface area contributed by atoms with Gasteiger partial charge in [-0.25, -0.2) is 0 Å². The molecule has 16 heavy (non-hydrogen) atoms. The Morgan fingerprint density at radius 1 is 1.38 bits per heavy atom. The summed E-state index contributed by atoms with van der Waals surface area (Å²) in [6.45, 7) is 0. The molecule has 1 aromatic rings. The van der Waals surface area contributed by atoms with Gasteiger partial charge in [0.05, 0.1) is 0 Å². The lowest BCUT2D eigenvalue weighted by atomic mass is 10.2. The third-order valence-electron chi connectivity index (χ3n) is 1.75. The second kappa shape index (κ2) is 6.50. The van der Waals surface area contributed by atoms with Gasteiger partial charge in [0.2, 0.25) is 5.91 Å². The van der Waals surface area contributed by atoms with Gasteiger partial charge < -0.3 is 5.32 Å². The molecule has 0 aromatic heterocycles. The van der Waals surface area contributed by atoms with E-state index in [0.717, 1.165) is 5.56 Å². The Kier molecular flexibility index (Phi) is 4.92. The van der Waals surface area contributed by atoms with Crippen LogP contribution < -0.4 is 5.32 Å². The Morgan fingerprint density at radius 3 is 2.62 bits per heavy atom. The lowest BCUT2D eigenvalue weighted by molar-refractivity contribution is -0.115. The number of hydrogen-bond donors (Lipinski definition) is 1. The number of carbonyl (C=O) groups is 1. The van der Waals surface area contributed by atoms with Gasteiger partial charge in [0.1, 0.15) is 0 Å². The molecule has 0 saturated carbocycles. The van der Waals surface area contributed by atoms with Crippen molar-refractivity contribution < 1.29 is 4.79 Å². The Labute approximate surface area is 99.0 Å². The minimum atomic E-state index is -0.120. The van der Waals surface area contributed by atoms with E-state index in [9.17, 15) is 4.79 Å². The normalized spacial score (nSPS) is 8.50. The molecule has 80 valence electrons. The summed E-state index contributed by atoms with van der Waals surface area (Å²) in [6, 6.07) is 8.67. The largest absolute Gasteiger partial charge is 0.326 e. The van der Waals surface area contributed by atoms with E-state index in [-0.39, 0.29) is 12.3 Å². The number of hydrogen-bond acceptors (Lipinski definition) is 2. The average Bonchev–Trinajstić information content (AvgIpc) is 2.28. The van der Waals surface area contributed by atoms with E-state index in [1.54, 1.807) is 30.3 Å². The Balaban J connectivity index is 2.65. The van der Waals surface area contributed by atoms with Gasteiger partial charge in [-0.3, -0.25) is 4.79 Å². The van der Waals surface area contributed by atoms with Crippen molar-refractivity contribution in [1.82, 2.24) is 0 Å². The van der Waals surface area contributed by atoms with Crippen LogP contribution in [-0.2, 0) is 4.79 Å². The molecule has 0 spiro atoms. The number of nitrogens with zero attached hydrogens (tertiary/aromatic N) is 1. The predicted molar refractivity (Wildman–Crippen MR) is 62.9 cm³/mol. The number of amides is 1. The molecule has 0 aliphatic rings. The Bertz CT molecular complexity index is 463. The number of nitrogens with one attached hydrogen (secondary N) is 1. The summed E-state index contributed by atoms with van der Waals surface area (Å²) in [7, 11) is 0. The van der Waals surface area contributed by atoms with Gasteiger partial charge in [-0.2, -0.15) is 5.26 Å². The van der Waals surface area contributed by atoms with Crippen molar-refractivity contribution in [2.75, 3.05) is 11.2 Å². The van der Waals surface area contributed by atoms with Crippen LogP contribution in [0, 0.1) is 23.2 Å². The molecule has 0 heterocycles. The molecule has 0 saturated heterocycles. The van der Waals surface area contributed by atoms with Crippen molar-refractivity contribution >= 4 is 23.2 Å². The van der Waals surface area contributed by atoms with Crippen molar-refractivity contribution in [2.45, 2.75) is 6.42 Å². The average molecular weight is 233 g/mol. The Morgan fingerprint density at radius 2 is 2.06 bits per heavy atom. The molecule has 3 nitrogen and oxygen atoms in total. The number of rotatable bonds is 3. The first-order valence-electron chi connectivity index (χ1n) is 4.62. The zero-order valence-corrected chi connectivity index (χ0v) is 9.21. The minimum Gasteiger partial charge on any atom is -0.326 e. The maximum Gasteiger partial charge on any atom is 0.225 e. The molecular weight excluding hydrogens is 224 g/mol. The zero-order chi connectivity index (χ0) is 11.8. The highest BCUT2D eigenvalue weighted by Gasteiger charge is 2.00. The van der Waals surface area contributed by atoms with Crippen LogP contribution in [0.2, 0.25) is 0 Å². The van der Waals surface area contributed by atoms with Gasteiger partial charge in [-0.05, 0) is 24.3 Å². The van der Waals surface area contributed by atoms with Crippen molar-refractivity contribution in [3.8, 4) is 17.9 Å². The van der Waals surface area contributed by atoms with Crippen LogP contribution in [-0.4, -0.2) is 11.8 Å². The van der Waals surface area contributed by atoms with Crippen molar-refractivity contribution in [2.24, 2.45) is 0 Å². The third-order valence-corrected chi connectivity index (χ3v) is 1.94. The molecule has 0 unspecified atom stereocenters. The van der Waals surface area contributed by atoms with Gasteiger partial charge in [-0.15, -0.1) is 11.6 Å². The van der Waals surface area contributed by atoms with Crippen molar-refractivity contribution in [3.63, 3.8) is 0 Å². The van der Waals surface area contributed by atoms with Crippen LogP contribution >= 0.6 is 11.6 Å². The fraction of sp³-hybridized carbons (Fsp3) is 0.167. The summed E-state index contributed by atoms with van der Waals surface area (Å²) in [4.78, 5) is 11.2. The third kappa shape index (κ3) is 4.04. The number of alkyl halides is 1. The summed E-state index contributed by atoms with van der Waals surface area (Å²) >= 11 is 5.44. The topological polar surface area (TPSA) is 52.9 Å². The van der Waals surface area contributed by atoms with Crippen molar-refractivity contribution in [1.29, 1.82) is 5.26 Å². The van der Waals surface area contributed by atoms with E-state index in [0.29, 0.717) is 11.6 Å². The number of halogens is 1. The first-order valence-corrected chi connectivity index (χ1v) is 5.15. The van der Waals surface area contributed by atoms with Gasteiger partial charge >= 0.3 is 0 Å². The van der Waals surface area contributed by atoms with E-state index in [1.165, 1.54) is 0 Å². The number of nitriles is 1. The van der Waals surface area contributed by atoms with Crippen LogP contribution in [0.1, 0.15) is 12.0 Å². The highest BCUT2D eigenvalue weighted by molar-refractivity contribution is 6.19. The van der Waals surface area contributed by atoms with E-state index in [2.05, 4.69) is 17.2 Å². The minimum absolute atomic E-state index is 0.120. The second-order valence-electron chi connectivity index (χ2n) is 2.93. The first kappa shape index (κ1) is 12.1. The van der Waals surface area contributed by atoms with E-state index in [4.69, 9.17) is 16.9 Å². The predicted octanol–water partition coefficient (Wildman–Crippen LogP) is 2.13. The van der Waals surface area contributed by atoms with Crippen LogP contribution in [0.3, 0.4) is 0 Å². The lowest BCUT2D eigenvalue weighted by Crippen LogP contribution is -2.11. The molecule has 0 fully saturated rings. The molecule has 1 amide bonds. The maximum absolute atomic E-state index is 11.2. The van der Waals surface area contributed by atoms with Crippen LogP contribution in [0.4, 0.5) is 5.69 Å². The molecule has 0 aliphatic carbocycles. The van der Waals surface area contributed by atoms with Crippen LogP contribution in [0.25, 0.3) is 0 Å². The van der Waals surface area contributed by atoms with E-state index >= 15 is 0 Å². The summed E-state index contributed by atoms with van der Waals surface area (Å²) in [6.07, 6.45) is 0.289. The summed E-state index contributed by atoms with van der Waals surface area (Å²) in [5.41, 5.74) is 1.43. The fourth-order valence-corrected chi connectivity index (χ4v) is 1.22. The SMILES string of the molecule is N#CC#Cc1ccc(NC(=O)CCCl)cc1. The summed E-state index contributed by atoms with van der Waals surface area (Å²) < 4.78 is 0. The molecule has 1 aromatic carbocycles. The zero-order valence-electron chi connectivity index (χ0n) is 8.46. The first-order chi connectivity index (χ1) is 7.76. The fourth-order valence-electron chi connectivity index (χ4n) is 1.05. The molecule has 0 radical (unpaired) electrons. The lowest BCUT2D eigenvalue weighted by Gasteiger charge is -2.03. The van der Waals surface area contributed by atoms with Crippen LogP contribution in [0.5, 0.6) is 0 Å². The standard InChI is InChI=1S/C12H9ClN2O/c13-8-7-12(16)15-11-5-3-10(4-6-11)2-1-9-14/h3-6H,7-8H2,(H,15,16). The smallest absolute Gasteiger partial charge is 0.225 e. The van der Waals surface area contributed by atoms with Gasteiger partial charge in [0, 0.05) is 29.5 Å². The van der Waals surface area contributed by atoms with Gasteiger partial charge in [-0.1, -0.05) is 5.92 Å². The molecule has 0 atom stereocenters.